The molecule has 2 rings (SSSR count). The van der Waals surface area contributed by atoms with Crippen molar-refractivity contribution in [1.29, 1.82) is 0 Å². The van der Waals surface area contributed by atoms with Gasteiger partial charge in [-0.3, -0.25) is 4.79 Å². The third kappa shape index (κ3) is 15.7. The Balaban J connectivity index is 0.00000251. The van der Waals surface area contributed by atoms with Gasteiger partial charge in [0, 0.05) is 35.9 Å². The average Bonchev–Trinajstić information content (AvgIpc) is 3.66. The van der Waals surface area contributed by atoms with Crippen LogP contribution < -0.4 is 24.2 Å². The van der Waals surface area contributed by atoms with Gasteiger partial charge in [0.1, 0.15) is 0 Å². The molecule has 0 aromatic rings. The first-order valence-electron chi connectivity index (χ1n) is 15.5. The number of methoxy groups -OCH3 is 1. The molecule has 10 nitrogen and oxygen atoms in total. The van der Waals surface area contributed by atoms with Crippen LogP contribution in [0.2, 0.25) is 0 Å². The first-order valence-corrected chi connectivity index (χ1v) is 16.4. The molecule has 12 heteroatoms. The molecule has 2 saturated heterocycles. The Morgan fingerprint density at radius 1 is 1.27 bits per heavy atom. The van der Waals surface area contributed by atoms with Crippen molar-refractivity contribution in [2.75, 3.05) is 26.8 Å². The monoisotopic (exact) mass is 740 g/mol. The number of aliphatic carboxylic acids is 1. The molecule has 0 spiro atoms. The molecule has 9 atom stereocenters. The van der Waals surface area contributed by atoms with Gasteiger partial charge in [-0.15, -0.1) is 13.1 Å². The van der Waals surface area contributed by atoms with E-state index in [9.17, 15) is 19.5 Å². The van der Waals surface area contributed by atoms with Crippen molar-refractivity contribution in [1.82, 2.24) is 8.43 Å². The van der Waals surface area contributed by atoms with Gasteiger partial charge in [0.15, 0.2) is 6.04 Å². The molecule has 0 unspecified atom stereocenters. The molecule has 45 heavy (non-hydrogen) atoms. The molecule has 0 aromatic heterocycles. The summed E-state index contributed by atoms with van der Waals surface area (Å²) in [6.45, 7) is 22.5. The number of halogens is 1. The smallest absolute Gasteiger partial charge is 0.651 e. The number of rotatable bonds is 18. The Morgan fingerprint density at radius 2 is 1.91 bits per heavy atom. The molecule has 0 radical (unpaired) electrons. The van der Waals surface area contributed by atoms with E-state index in [-0.39, 0.29) is 55.3 Å². The summed E-state index contributed by atoms with van der Waals surface area (Å²) in [5.74, 6) is -0.746. The Hall–Kier alpha value is -0.943. The van der Waals surface area contributed by atoms with Crippen LogP contribution in [0.1, 0.15) is 73.6 Å². The zero-order valence-corrected chi connectivity index (χ0v) is 30.7. The molecule has 2 fully saturated rings. The quantitative estimate of drug-likeness (QED) is 0.0544. The fraction of sp³-hybridized carbons (Fsp3) is 0.727. The van der Waals surface area contributed by atoms with Crippen LogP contribution in [0.5, 0.6) is 0 Å². The summed E-state index contributed by atoms with van der Waals surface area (Å²) in [5.41, 5.74) is 0.954. The molecule has 0 saturated carbocycles. The number of allylic oxidation sites excluding steroid dienone is 3. The van der Waals surface area contributed by atoms with Gasteiger partial charge in [0.25, 0.3) is 0 Å². The van der Waals surface area contributed by atoms with Crippen molar-refractivity contribution < 1.29 is 57.3 Å². The second-order valence-electron chi connectivity index (χ2n) is 12.1. The van der Waals surface area contributed by atoms with Gasteiger partial charge in [0.2, 0.25) is 5.91 Å². The summed E-state index contributed by atoms with van der Waals surface area (Å²) in [4.78, 5) is 33.9. The van der Waals surface area contributed by atoms with Crippen LogP contribution in [-0.4, -0.2) is 89.4 Å². The van der Waals surface area contributed by atoms with Gasteiger partial charge in [-0.25, -0.2) is 4.79 Å². The van der Waals surface area contributed by atoms with Crippen molar-refractivity contribution in [2.24, 2.45) is 17.8 Å². The Bertz CT molecular complexity index is 946. The fourth-order valence-electron chi connectivity index (χ4n) is 5.81. The van der Waals surface area contributed by atoms with E-state index >= 15 is 0 Å². The Morgan fingerprint density at radius 3 is 2.42 bits per heavy atom. The third-order valence-corrected chi connectivity index (χ3v) is 9.29. The number of carbonyl (C=O) groups is 2. The number of hydrogen-bond acceptors (Lipinski definition) is 8. The van der Waals surface area contributed by atoms with Crippen LogP contribution in [-0.2, 0) is 33.3 Å². The first-order chi connectivity index (χ1) is 20.8. The second kappa shape index (κ2) is 22.6. The fourth-order valence-corrected chi connectivity index (χ4v) is 5.81. The summed E-state index contributed by atoms with van der Waals surface area (Å²) in [5, 5.41) is 11.6. The van der Waals surface area contributed by atoms with E-state index in [1.165, 1.54) is 6.47 Å². The average molecular weight is 741 g/mol. The number of carboxylic acids is 1. The molecule has 254 valence electrons. The van der Waals surface area contributed by atoms with Crippen LogP contribution in [0, 0.1) is 31.6 Å². The van der Waals surface area contributed by atoms with Crippen molar-refractivity contribution in [3.63, 3.8) is 0 Å². The minimum Gasteiger partial charge on any atom is -0.651 e. The molecular formula is C33H54ILiN2O8-2. The summed E-state index contributed by atoms with van der Waals surface area (Å²) >= 11 is 2.18. The first kappa shape index (κ1) is 44.1. The van der Waals surface area contributed by atoms with Gasteiger partial charge >= 0.3 is 24.8 Å². The Labute approximate surface area is 297 Å². The van der Waals surface area contributed by atoms with Crippen LogP contribution in [0.25, 0.3) is 0 Å². The number of hydrogen-bond donors (Lipinski definition) is 2. The van der Waals surface area contributed by atoms with Crippen LogP contribution in [0.15, 0.2) is 23.8 Å². The van der Waals surface area contributed by atoms with Crippen molar-refractivity contribution >= 4 is 41.2 Å². The molecule has 0 aliphatic carbocycles. The van der Waals surface area contributed by atoms with E-state index < -0.39 is 24.5 Å². The Kier molecular flexibility index (Phi) is 22.1. The summed E-state index contributed by atoms with van der Waals surface area (Å²) < 4.78 is 24.3. The summed E-state index contributed by atoms with van der Waals surface area (Å²) in [6, 6.07) is -1.31. The number of amides is 1. The number of carboxylic acid groups (broad SMARTS) is 1. The van der Waals surface area contributed by atoms with Gasteiger partial charge in [0.05, 0.1) is 43.0 Å². The van der Waals surface area contributed by atoms with E-state index in [0.29, 0.717) is 24.2 Å². The minimum atomic E-state index is -1.31. The predicted octanol–water partition coefficient (Wildman–Crippen LogP) is 2.27. The van der Waals surface area contributed by atoms with Gasteiger partial charge in [-0.2, -0.15) is 0 Å². The third-order valence-electron chi connectivity index (χ3n) is 8.33. The molecule has 2 N–H and O–H groups in total. The number of carbonyl (C=O) groups excluding carboxylic acids is 2. The van der Waals surface area contributed by atoms with Gasteiger partial charge in [-0.05, 0) is 56.9 Å². The normalized spacial score (nSPS) is 27.3. The van der Waals surface area contributed by atoms with E-state index in [1.807, 2.05) is 10.0 Å². The molecule has 0 bridgehead atoms. The SMILES string of the molecule is CC[C@H](OC)[C@@H](C)[C@H]1O[C@]1(C)C[C@H](C)/C=C/C=C(\C)[C@H]1O[C@@H](CC(=O)N[C@@H](CO[C-]=O)C(=O)O)CC[C@@H]1C.[CH2-]CN(I)C[CH2-].[Li+]. The molecule has 2 aliphatic rings. The number of nitrogens with zero attached hydrogens (tertiary/aromatic N) is 1. The maximum Gasteiger partial charge on any atom is 1.00 e. The molecule has 0 aromatic carbocycles. The number of nitrogens with one attached hydrogen (secondary N) is 1. The topological polar surface area (TPSA) is 127 Å². The molecular weight excluding hydrogens is 686 g/mol. The summed E-state index contributed by atoms with van der Waals surface area (Å²) in [6.07, 6.45) is 9.87. The van der Waals surface area contributed by atoms with Crippen LogP contribution in [0.4, 0.5) is 0 Å². The van der Waals surface area contributed by atoms with Crippen molar-refractivity contribution in [3.8, 4) is 0 Å². The van der Waals surface area contributed by atoms with E-state index in [1.54, 1.807) is 7.11 Å². The largest absolute Gasteiger partial charge is 1.00 e. The van der Waals surface area contributed by atoms with Crippen LogP contribution in [0.3, 0.4) is 0 Å². The number of epoxide rings is 1. The standard InChI is InChI=1S/C29H46NO8.C4H8IN.Li/c1-8-24(35-7)21(5)27-29(6,38-27)15-18(2)10-9-11-19(3)26-20(4)12-13-22(37-26)14-25(32)30-23(28(33)34)16-36-17-31;1-3-6(5)4-2;/h9-11,18,20-24,26-27H,8,12-16H2,1-7H3,(H,30,32)(H,33,34);1-4H2;/q-1;-2;+1/b10-9+,19-11+;;/t18-,20+,21-,22-,23+,24+,26-,27-,29-;;/m1../s1. The molecule has 2 aliphatic heterocycles. The number of ether oxygens (including phenoxy) is 4. The zero-order valence-electron chi connectivity index (χ0n) is 28.6. The maximum atomic E-state index is 12.4. The second-order valence-corrected chi connectivity index (χ2v) is 13.4. The summed E-state index contributed by atoms with van der Waals surface area (Å²) in [7, 11) is 1.76. The van der Waals surface area contributed by atoms with Crippen molar-refractivity contribution in [3.05, 3.63) is 37.6 Å². The van der Waals surface area contributed by atoms with E-state index in [4.69, 9.17) is 14.2 Å². The minimum absolute atomic E-state index is 0. The van der Waals surface area contributed by atoms with Gasteiger partial charge in [-0.1, -0.05) is 52.4 Å². The molecule has 1 amide bonds. The molecule has 2 heterocycles. The van der Waals surface area contributed by atoms with Crippen molar-refractivity contribution in [2.45, 2.75) is 110 Å². The zero-order chi connectivity index (χ0) is 33.4. The van der Waals surface area contributed by atoms with E-state index in [0.717, 1.165) is 37.9 Å². The maximum absolute atomic E-state index is 12.4. The van der Waals surface area contributed by atoms with Gasteiger partial charge < -0.3 is 51.1 Å². The predicted molar refractivity (Wildman–Crippen MR) is 179 cm³/mol. The van der Waals surface area contributed by atoms with Crippen LogP contribution >= 0.6 is 22.9 Å². The van der Waals surface area contributed by atoms with E-state index in [2.05, 4.69) is 99.6 Å².